The van der Waals surface area contributed by atoms with Crippen LogP contribution in [0, 0.1) is 6.92 Å². The van der Waals surface area contributed by atoms with Gasteiger partial charge in [0.05, 0.1) is 14.2 Å². The first-order chi connectivity index (χ1) is 15.2. The summed E-state index contributed by atoms with van der Waals surface area (Å²) in [7, 11) is 3.33. The van der Waals surface area contributed by atoms with Crippen molar-refractivity contribution in [2.24, 2.45) is 0 Å². The zero-order valence-corrected chi connectivity index (χ0v) is 18.5. The molecule has 4 nitrogen and oxygen atoms in total. The SMILES string of the molecule is COc1ccc(CCNCc2cn(Cc3cccc(C)c3)c3ccccc23)cc1OC. The molecule has 4 heteroatoms. The number of rotatable bonds is 9. The second kappa shape index (κ2) is 9.71. The third-order valence-corrected chi connectivity index (χ3v) is 5.66. The third-order valence-electron chi connectivity index (χ3n) is 5.66. The highest BCUT2D eigenvalue weighted by Gasteiger charge is 2.09. The number of aromatic nitrogens is 1. The standard InChI is InChI=1S/C27H30N2O2/c1-20-7-6-8-22(15-20)18-29-19-23(24-9-4-5-10-25(24)29)17-28-14-13-21-11-12-26(30-2)27(16-21)31-3/h4-12,15-16,19,28H,13-14,17-18H2,1-3H3. The average molecular weight is 415 g/mol. The molecule has 1 aromatic heterocycles. The third kappa shape index (κ3) is 4.92. The number of aryl methyl sites for hydroxylation is 1. The van der Waals surface area contributed by atoms with Crippen LogP contribution in [0.4, 0.5) is 0 Å². The van der Waals surface area contributed by atoms with Crippen molar-refractivity contribution in [1.82, 2.24) is 9.88 Å². The molecule has 0 bridgehead atoms. The largest absolute Gasteiger partial charge is 0.493 e. The molecule has 4 aromatic rings. The van der Waals surface area contributed by atoms with Gasteiger partial charge >= 0.3 is 0 Å². The molecule has 31 heavy (non-hydrogen) atoms. The van der Waals surface area contributed by atoms with Crippen LogP contribution in [0.3, 0.4) is 0 Å². The van der Waals surface area contributed by atoms with Gasteiger partial charge in [-0.25, -0.2) is 0 Å². The normalized spacial score (nSPS) is 11.1. The van der Waals surface area contributed by atoms with Gasteiger partial charge in [-0.3, -0.25) is 0 Å². The highest BCUT2D eigenvalue weighted by atomic mass is 16.5. The van der Waals surface area contributed by atoms with E-state index in [1.807, 2.05) is 12.1 Å². The highest BCUT2D eigenvalue weighted by molar-refractivity contribution is 5.84. The van der Waals surface area contributed by atoms with Crippen LogP contribution in [0.5, 0.6) is 11.5 Å². The Hall–Kier alpha value is -3.24. The fourth-order valence-corrected chi connectivity index (χ4v) is 4.09. The molecular formula is C27H30N2O2. The Bertz CT molecular complexity index is 1160. The van der Waals surface area contributed by atoms with Gasteiger partial charge in [-0.15, -0.1) is 0 Å². The topological polar surface area (TPSA) is 35.4 Å². The number of nitrogens with zero attached hydrogens (tertiary/aromatic N) is 1. The molecule has 0 spiro atoms. The van der Waals surface area contributed by atoms with E-state index in [9.17, 15) is 0 Å². The number of nitrogens with one attached hydrogen (secondary N) is 1. The predicted octanol–water partition coefficient (Wildman–Crippen LogP) is 5.35. The summed E-state index contributed by atoms with van der Waals surface area (Å²) in [5, 5.41) is 4.92. The number of hydrogen-bond donors (Lipinski definition) is 1. The maximum Gasteiger partial charge on any atom is 0.160 e. The molecule has 3 aromatic carbocycles. The Balaban J connectivity index is 1.43. The average Bonchev–Trinajstić information content (AvgIpc) is 3.14. The van der Waals surface area contributed by atoms with Crippen LogP contribution in [0.15, 0.2) is 72.9 Å². The maximum absolute atomic E-state index is 5.41. The van der Waals surface area contributed by atoms with E-state index in [0.29, 0.717) is 0 Å². The molecule has 0 saturated carbocycles. The molecule has 0 atom stereocenters. The zero-order chi connectivity index (χ0) is 21.6. The molecule has 0 unspecified atom stereocenters. The van der Waals surface area contributed by atoms with E-state index in [1.165, 1.54) is 33.2 Å². The lowest BCUT2D eigenvalue weighted by Crippen LogP contribution is -2.16. The molecule has 1 N–H and O–H groups in total. The smallest absolute Gasteiger partial charge is 0.160 e. The minimum Gasteiger partial charge on any atom is -0.493 e. The summed E-state index contributed by atoms with van der Waals surface area (Å²) in [4.78, 5) is 0. The number of para-hydroxylation sites is 1. The molecule has 0 aliphatic rings. The van der Waals surface area contributed by atoms with Gasteiger partial charge in [-0.2, -0.15) is 0 Å². The molecule has 0 fully saturated rings. The second-order valence-corrected chi connectivity index (χ2v) is 7.90. The van der Waals surface area contributed by atoms with Gasteiger partial charge in [0.2, 0.25) is 0 Å². The number of fused-ring (bicyclic) bond motifs is 1. The molecule has 1 heterocycles. The summed E-state index contributed by atoms with van der Waals surface area (Å²) in [6, 6.07) is 23.5. The van der Waals surface area contributed by atoms with E-state index in [0.717, 1.165) is 37.6 Å². The van der Waals surface area contributed by atoms with Crippen molar-refractivity contribution in [3.63, 3.8) is 0 Å². The van der Waals surface area contributed by atoms with Crippen LogP contribution in [0.1, 0.15) is 22.3 Å². The van der Waals surface area contributed by atoms with Gasteiger partial charge in [0.1, 0.15) is 0 Å². The van der Waals surface area contributed by atoms with Gasteiger partial charge in [0.25, 0.3) is 0 Å². The fourth-order valence-electron chi connectivity index (χ4n) is 4.09. The molecule has 0 amide bonds. The van der Waals surface area contributed by atoms with Crippen LogP contribution < -0.4 is 14.8 Å². The lowest BCUT2D eigenvalue weighted by Gasteiger charge is -2.10. The summed E-state index contributed by atoms with van der Waals surface area (Å²) in [6.45, 7) is 4.76. The molecule has 0 aliphatic heterocycles. The lowest BCUT2D eigenvalue weighted by atomic mass is 10.1. The predicted molar refractivity (Wildman–Crippen MR) is 127 cm³/mol. The second-order valence-electron chi connectivity index (χ2n) is 7.90. The van der Waals surface area contributed by atoms with Crippen molar-refractivity contribution in [3.05, 3.63) is 95.2 Å². The van der Waals surface area contributed by atoms with Crippen molar-refractivity contribution >= 4 is 10.9 Å². The Morgan fingerprint density at radius 1 is 0.839 bits per heavy atom. The minimum absolute atomic E-state index is 0.764. The number of ether oxygens (including phenoxy) is 2. The Morgan fingerprint density at radius 2 is 1.68 bits per heavy atom. The Morgan fingerprint density at radius 3 is 2.48 bits per heavy atom. The van der Waals surface area contributed by atoms with Crippen LogP contribution in [0.25, 0.3) is 10.9 Å². The van der Waals surface area contributed by atoms with Crippen molar-refractivity contribution < 1.29 is 9.47 Å². The van der Waals surface area contributed by atoms with Crippen molar-refractivity contribution in [1.29, 1.82) is 0 Å². The molecular weight excluding hydrogens is 384 g/mol. The highest BCUT2D eigenvalue weighted by Crippen LogP contribution is 2.27. The first-order valence-electron chi connectivity index (χ1n) is 10.7. The van der Waals surface area contributed by atoms with E-state index in [1.54, 1.807) is 14.2 Å². The molecule has 0 radical (unpaired) electrons. The van der Waals surface area contributed by atoms with Crippen molar-refractivity contribution in [3.8, 4) is 11.5 Å². The summed E-state index contributed by atoms with van der Waals surface area (Å²) < 4.78 is 13.1. The van der Waals surface area contributed by atoms with Gasteiger partial charge in [0.15, 0.2) is 11.5 Å². The van der Waals surface area contributed by atoms with Gasteiger partial charge in [0, 0.05) is 30.2 Å². The number of methoxy groups -OCH3 is 2. The quantitative estimate of drug-likeness (QED) is 0.375. The summed E-state index contributed by atoms with van der Waals surface area (Å²) in [5.41, 5.74) is 6.46. The monoisotopic (exact) mass is 414 g/mol. The van der Waals surface area contributed by atoms with Crippen molar-refractivity contribution in [2.45, 2.75) is 26.4 Å². The van der Waals surface area contributed by atoms with Gasteiger partial charge < -0.3 is 19.4 Å². The lowest BCUT2D eigenvalue weighted by molar-refractivity contribution is 0.354. The van der Waals surface area contributed by atoms with E-state index in [4.69, 9.17) is 9.47 Å². The van der Waals surface area contributed by atoms with Crippen LogP contribution in [-0.4, -0.2) is 25.3 Å². The summed E-state index contributed by atoms with van der Waals surface area (Å²) >= 11 is 0. The van der Waals surface area contributed by atoms with E-state index in [-0.39, 0.29) is 0 Å². The summed E-state index contributed by atoms with van der Waals surface area (Å²) in [5.74, 6) is 1.54. The van der Waals surface area contributed by atoms with E-state index >= 15 is 0 Å². The Kier molecular flexibility index (Phi) is 6.58. The first kappa shape index (κ1) is 21.0. The van der Waals surface area contributed by atoms with E-state index < -0.39 is 0 Å². The maximum atomic E-state index is 5.41. The van der Waals surface area contributed by atoms with Crippen LogP contribution in [-0.2, 0) is 19.5 Å². The van der Waals surface area contributed by atoms with Crippen LogP contribution >= 0.6 is 0 Å². The number of benzene rings is 3. The summed E-state index contributed by atoms with van der Waals surface area (Å²) in [6.07, 6.45) is 3.22. The molecule has 160 valence electrons. The zero-order valence-electron chi connectivity index (χ0n) is 18.5. The fraction of sp³-hybridized carbons (Fsp3) is 0.259. The van der Waals surface area contributed by atoms with Crippen LogP contribution in [0.2, 0.25) is 0 Å². The molecule has 4 rings (SSSR count). The van der Waals surface area contributed by atoms with Gasteiger partial charge in [-0.1, -0.05) is 54.1 Å². The van der Waals surface area contributed by atoms with Gasteiger partial charge in [-0.05, 0) is 54.8 Å². The first-order valence-corrected chi connectivity index (χ1v) is 10.7. The Labute approximate surface area is 184 Å². The van der Waals surface area contributed by atoms with Crippen molar-refractivity contribution in [2.75, 3.05) is 20.8 Å². The number of hydrogen-bond acceptors (Lipinski definition) is 3. The van der Waals surface area contributed by atoms with E-state index in [2.05, 4.69) is 77.6 Å². The minimum atomic E-state index is 0.764. The molecule has 0 saturated heterocycles. The molecule has 0 aliphatic carbocycles.